The smallest absolute Gasteiger partial charge is 0.404 e. The van der Waals surface area contributed by atoms with Crippen molar-refractivity contribution in [1.82, 2.24) is 0 Å². The maximum absolute atomic E-state index is 12.0. The summed E-state index contributed by atoms with van der Waals surface area (Å²) in [6, 6.07) is 0. The maximum Gasteiger partial charge on any atom is 0.404 e. The number of hydrogen-bond acceptors (Lipinski definition) is 2. The van der Waals surface area contributed by atoms with E-state index in [0.29, 0.717) is 0 Å². The number of aliphatic carboxylic acids is 1. The van der Waals surface area contributed by atoms with E-state index >= 15 is 0 Å². The highest BCUT2D eigenvalue weighted by atomic mass is 19.4. The third-order valence-corrected chi connectivity index (χ3v) is 1.37. The van der Waals surface area contributed by atoms with Gasteiger partial charge in [0.25, 0.3) is 0 Å². The third kappa shape index (κ3) is 4.72. The largest absolute Gasteiger partial charge is 0.481 e. The number of carbonyl (C=O) groups is 1. The Balaban J connectivity index is 4.01. The lowest BCUT2D eigenvalue weighted by Gasteiger charge is -2.15. The molecule has 0 radical (unpaired) electrons. The first kappa shape index (κ1) is 12.8. The first-order valence-corrected chi connectivity index (χ1v) is 3.70. The van der Waals surface area contributed by atoms with Crippen LogP contribution in [-0.4, -0.2) is 30.5 Å². The molecule has 0 spiro atoms. The quantitative estimate of drug-likeness (QED) is 0.549. The lowest BCUT2D eigenvalue weighted by molar-refractivity contribution is -0.202. The second-order valence-electron chi connectivity index (χ2n) is 2.46. The van der Waals surface area contributed by atoms with Crippen LogP contribution in [0.3, 0.4) is 0 Å². The van der Waals surface area contributed by atoms with Gasteiger partial charge in [-0.1, -0.05) is 0 Å². The molecule has 0 fully saturated rings. The second kappa shape index (κ2) is 5.50. The molecule has 3 nitrogen and oxygen atoms in total. The Hall–Kier alpha value is -1.22. The lowest BCUT2D eigenvalue weighted by atomic mass is 10.1. The zero-order chi connectivity index (χ0) is 11.2. The highest BCUT2D eigenvalue weighted by Gasteiger charge is 2.45. The summed E-state index contributed by atoms with van der Waals surface area (Å²) in [4.78, 5) is 10.2. The van der Waals surface area contributed by atoms with Gasteiger partial charge in [-0.2, -0.15) is 13.2 Å². The number of halogens is 3. The number of terminal acetylenes is 1. The first-order valence-electron chi connectivity index (χ1n) is 3.70. The Morgan fingerprint density at radius 1 is 1.57 bits per heavy atom. The predicted octanol–water partition coefficient (Wildman–Crippen LogP) is 1.29. The highest BCUT2D eigenvalue weighted by molar-refractivity contribution is 5.71. The summed E-state index contributed by atoms with van der Waals surface area (Å²) in [6.45, 7) is -0.975. The summed E-state index contributed by atoms with van der Waals surface area (Å²) in [5, 5.41) is 8.23. The minimum Gasteiger partial charge on any atom is -0.481 e. The van der Waals surface area contributed by atoms with E-state index in [9.17, 15) is 18.0 Å². The molecule has 0 aliphatic rings. The van der Waals surface area contributed by atoms with Crippen molar-refractivity contribution >= 4 is 5.97 Å². The van der Waals surface area contributed by atoms with Crippen molar-refractivity contribution < 1.29 is 27.8 Å². The van der Waals surface area contributed by atoms with Crippen molar-refractivity contribution in [3.63, 3.8) is 0 Å². The third-order valence-electron chi connectivity index (χ3n) is 1.37. The Morgan fingerprint density at radius 2 is 2.14 bits per heavy atom. The fourth-order valence-electron chi connectivity index (χ4n) is 0.638. The summed E-state index contributed by atoms with van der Waals surface area (Å²) < 4.78 is 40.4. The van der Waals surface area contributed by atoms with Gasteiger partial charge in [-0.15, -0.1) is 12.3 Å². The molecule has 0 aromatic carbocycles. The van der Waals surface area contributed by atoms with Gasteiger partial charge in [0, 0.05) is 6.42 Å². The van der Waals surface area contributed by atoms with Crippen LogP contribution in [0.25, 0.3) is 0 Å². The number of rotatable bonds is 5. The molecule has 0 bridgehead atoms. The van der Waals surface area contributed by atoms with Gasteiger partial charge in [0.1, 0.15) is 0 Å². The summed E-state index contributed by atoms with van der Waals surface area (Å²) >= 11 is 0. The van der Waals surface area contributed by atoms with Gasteiger partial charge in [0.05, 0.1) is 13.2 Å². The molecule has 0 heterocycles. The monoisotopic (exact) mass is 210 g/mol. The van der Waals surface area contributed by atoms with Crippen molar-refractivity contribution in [2.24, 2.45) is 5.92 Å². The van der Waals surface area contributed by atoms with E-state index in [0.717, 1.165) is 0 Å². The van der Waals surface area contributed by atoms with E-state index in [1.54, 1.807) is 0 Å². The minimum absolute atomic E-state index is 0.0731. The SMILES string of the molecule is C#CCCOCC(C(=O)O)C(F)(F)F. The van der Waals surface area contributed by atoms with Crippen LogP contribution >= 0.6 is 0 Å². The van der Waals surface area contributed by atoms with Crippen LogP contribution in [0.15, 0.2) is 0 Å². The van der Waals surface area contributed by atoms with E-state index in [2.05, 4.69) is 10.7 Å². The topological polar surface area (TPSA) is 46.5 Å². The van der Waals surface area contributed by atoms with Crippen molar-refractivity contribution in [1.29, 1.82) is 0 Å². The average Bonchev–Trinajstić information content (AvgIpc) is 2.01. The predicted molar refractivity (Wildman–Crippen MR) is 41.4 cm³/mol. The molecular weight excluding hydrogens is 201 g/mol. The van der Waals surface area contributed by atoms with Gasteiger partial charge in [-0.25, -0.2) is 0 Å². The molecule has 0 aliphatic carbocycles. The molecule has 1 unspecified atom stereocenters. The molecule has 14 heavy (non-hydrogen) atoms. The number of carboxylic acids is 1. The van der Waals surface area contributed by atoms with Crippen LogP contribution in [0.4, 0.5) is 13.2 Å². The zero-order valence-corrected chi connectivity index (χ0v) is 7.17. The van der Waals surface area contributed by atoms with Gasteiger partial charge in [-0.05, 0) is 0 Å². The number of carboxylic acid groups (broad SMARTS) is 1. The molecule has 1 N–H and O–H groups in total. The maximum atomic E-state index is 12.0. The van der Waals surface area contributed by atoms with Gasteiger partial charge < -0.3 is 9.84 Å². The Labute approximate surface area is 78.9 Å². The molecule has 0 rings (SSSR count). The van der Waals surface area contributed by atoms with E-state index < -0.39 is 24.7 Å². The minimum atomic E-state index is -4.79. The summed E-state index contributed by atoms with van der Waals surface area (Å²) in [6.07, 6.45) is 0.190. The van der Waals surface area contributed by atoms with Crippen LogP contribution in [0.1, 0.15) is 6.42 Å². The van der Waals surface area contributed by atoms with Gasteiger partial charge in [0.2, 0.25) is 0 Å². The van der Waals surface area contributed by atoms with E-state index in [1.165, 1.54) is 0 Å². The molecule has 6 heteroatoms. The van der Waals surface area contributed by atoms with E-state index in [4.69, 9.17) is 11.5 Å². The van der Waals surface area contributed by atoms with Crippen molar-refractivity contribution in [3.8, 4) is 12.3 Å². The van der Waals surface area contributed by atoms with E-state index in [-0.39, 0.29) is 13.0 Å². The molecule has 0 saturated carbocycles. The van der Waals surface area contributed by atoms with Crippen molar-refractivity contribution in [2.75, 3.05) is 13.2 Å². The molecule has 0 aromatic heterocycles. The fourth-order valence-corrected chi connectivity index (χ4v) is 0.638. The Bertz CT molecular complexity index is 229. The number of hydrogen-bond donors (Lipinski definition) is 1. The molecular formula is C8H9F3O3. The van der Waals surface area contributed by atoms with Crippen LogP contribution in [-0.2, 0) is 9.53 Å². The molecule has 0 saturated heterocycles. The summed E-state index contributed by atoms with van der Waals surface area (Å²) in [7, 11) is 0. The van der Waals surface area contributed by atoms with Gasteiger partial charge in [-0.3, -0.25) is 4.79 Å². The number of ether oxygens (including phenoxy) is 1. The van der Waals surface area contributed by atoms with Crippen LogP contribution in [0, 0.1) is 18.3 Å². The van der Waals surface area contributed by atoms with E-state index in [1.807, 2.05) is 0 Å². The van der Waals surface area contributed by atoms with Gasteiger partial charge >= 0.3 is 12.1 Å². The average molecular weight is 210 g/mol. The van der Waals surface area contributed by atoms with Crippen LogP contribution in [0.5, 0.6) is 0 Å². The first-order chi connectivity index (χ1) is 6.39. The van der Waals surface area contributed by atoms with Crippen LogP contribution < -0.4 is 0 Å². The molecule has 0 amide bonds. The number of alkyl halides is 3. The molecule has 80 valence electrons. The Kier molecular flexibility index (Phi) is 5.02. The molecule has 0 aromatic rings. The molecule has 1 atom stereocenters. The summed E-state index contributed by atoms with van der Waals surface area (Å²) in [5.41, 5.74) is 0. The Morgan fingerprint density at radius 3 is 2.50 bits per heavy atom. The van der Waals surface area contributed by atoms with Crippen LogP contribution in [0.2, 0.25) is 0 Å². The fraction of sp³-hybridized carbons (Fsp3) is 0.625. The van der Waals surface area contributed by atoms with Crippen molar-refractivity contribution in [3.05, 3.63) is 0 Å². The van der Waals surface area contributed by atoms with Gasteiger partial charge in [0.15, 0.2) is 5.92 Å². The zero-order valence-electron chi connectivity index (χ0n) is 7.17. The standard InChI is InChI=1S/C8H9F3O3/c1-2-3-4-14-5-6(7(12)13)8(9,10)11/h1,6H,3-5H2,(H,12,13). The summed E-state index contributed by atoms with van der Waals surface area (Å²) in [5.74, 6) is -2.28. The highest BCUT2D eigenvalue weighted by Crippen LogP contribution is 2.26. The molecule has 0 aliphatic heterocycles. The second-order valence-corrected chi connectivity index (χ2v) is 2.46. The van der Waals surface area contributed by atoms with Crippen molar-refractivity contribution in [2.45, 2.75) is 12.6 Å². The normalized spacial score (nSPS) is 13.3. The lowest BCUT2D eigenvalue weighted by Crippen LogP contribution is -2.34.